The lowest BCUT2D eigenvalue weighted by Gasteiger charge is -2.07. The van der Waals surface area contributed by atoms with Crippen molar-refractivity contribution in [1.29, 1.82) is 0 Å². The maximum absolute atomic E-state index is 10.4. The lowest BCUT2D eigenvalue weighted by atomic mass is 10.2. The number of hydrogen-bond donors (Lipinski definition) is 0. The largest absolute Gasteiger partial charge is 0.545 e. The van der Waals surface area contributed by atoms with Gasteiger partial charge < -0.3 is 24.2 Å². The Bertz CT molecular complexity index is 403. The molecule has 0 saturated heterocycles. The third-order valence-corrected chi connectivity index (χ3v) is 1.91. The molecule has 0 aliphatic heterocycles. The van der Waals surface area contributed by atoms with Crippen molar-refractivity contribution in [2.45, 2.75) is 13.8 Å². The molecule has 1 heterocycles. The first kappa shape index (κ1) is 11.0. The molecule has 0 bridgehead atoms. The number of aliphatic carboxylic acids is 2. The highest BCUT2D eigenvalue weighted by Crippen LogP contribution is 2.15. The van der Waals surface area contributed by atoms with E-state index in [-0.39, 0.29) is 5.76 Å². The van der Waals surface area contributed by atoms with Gasteiger partial charge in [0.2, 0.25) is 0 Å². The molecule has 1 aromatic rings. The Balaban J connectivity index is 3.13. The average molecular weight is 208 g/mol. The Morgan fingerprint density at radius 2 is 1.80 bits per heavy atom. The average Bonchev–Trinajstić information content (AvgIpc) is 2.41. The molecule has 0 radical (unpaired) electrons. The molecule has 1 rings (SSSR count). The highest BCUT2D eigenvalue weighted by Gasteiger charge is 2.04. The minimum Gasteiger partial charge on any atom is -0.545 e. The first-order valence-corrected chi connectivity index (χ1v) is 4.13. The van der Waals surface area contributed by atoms with Crippen LogP contribution in [0.25, 0.3) is 6.08 Å². The van der Waals surface area contributed by atoms with Gasteiger partial charge in [0.15, 0.2) is 0 Å². The van der Waals surface area contributed by atoms with E-state index < -0.39 is 17.5 Å². The molecule has 0 aromatic carbocycles. The van der Waals surface area contributed by atoms with E-state index in [1.54, 1.807) is 13.8 Å². The molecular weight excluding hydrogens is 200 g/mol. The monoisotopic (exact) mass is 208 g/mol. The van der Waals surface area contributed by atoms with E-state index in [9.17, 15) is 19.8 Å². The van der Waals surface area contributed by atoms with Gasteiger partial charge in [0, 0.05) is 5.57 Å². The van der Waals surface area contributed by atoms with E-state index in [0.29, 0.717) is 5.76 Å². The van der Waals surface area contributed by atoms with E-state index in [1.807, 2.05) is 0 Å². The number of carboxylic acids is 2. The molecule has 0 unspecified atom stereocenters. The standard InChI is InChI=1S/C10H10O5/c1-5-3-7(15-6(5)2)4-8(9(11)12)10(13)14/h3-4H,1-2H3,(H,11,12)(H,13,14)/p-2. The summed E-state index contributed by atoms with van der Waals surface area (Å²) < 4.78 is 5.09. The van der Waals surface area contributed by atoms with Crippen LogP contribution in [-0.4, -0.2) is 11.9 Å². The van der Waals surface area contributed by atoms with Gasteiger partial charge in [-0.15, -0.1) is 0 Å². The highest BCUT2D eigenvalue weighted by molar-refractivity contribution is 6.14. The van der Waals surface area contributed by atoms with Crippen LogP contribution in [0.5, 0.6) is 0 Å². The lowest BCUT2D eigenvalue weighted by Crippen LogP contribution is -2.35. The maximum atomic E-state index is 10.4. The molecule has 5 heteroatoms. The Labute approximate surface area is 85.6 Å². The summed E-state index contributed by atoms with van der Waals surface area (Å²) in [6.45, 7) is 3.44. The van der Waals surface area contributed by atoms with Crippen molar-refractivity contribution in [1.82, 2.24) is 0 Å². The third kappa shape index (κ3) is 2.46. The summed E-state index contributed by atoms with van der Waals surface area (Å²) in [5.74, 6) is -2.87. The smallest absolute Gasteiger partial charge is 0.128 e. The molecule has 15 heavy (non-hydrogen) atoms. The zero-order valence-electron chi connectivity index (χ0n) is 8.20. The van der Waals surface area contributed by atoms with Gasteiger partial charge >= 0.3 is 0 Å². The van der Waals surface area contributed by atoms with Crippen LogP contribution >= 0.6 is 0 Å². The van der Waals surface area contributed by atoms with Crippen LogP contribution in [0.4, 0.5) is 0 Å². The predicted octanol–water partition coefficient (Wildman–Crippen LogP) is -1.22. The summed E-state index contributed by atoms with van der Waals surface area (Å²) in [5.41, 5.74) is -0.138. The van der Waals surface area contributed by atoms with Crippen molar-refractivity contribution in [3.63, 3.8) is 0 Å². The number of carbonyl (C=O) groups excluding carboxylic acids is 2. The zero-order valence-corrected chi connectivity index (χ0v) is 8.20. The molecule has 1 aromatic heterocycles. The normalized spacial score (nSPS) is 9.73. The Morgan fingerprint density at radius 1 is 1.27 bits per heavy atom. The van der Waals surface area contributed by atoms with E-state index in [0.717, 1.165) is 11.6 Å². The Morgan fingerprint density at radius 3 is 2.13 bits per heavy atom. The van der Waals surface area contributed by atoms with Gasteiger partial charge in [0.25, 0.3) is 0 Å². The van der Waals surface area contributed by atoms with Crippen molar-refractivity contribution in [2.24, 2.45) is 0 Å². The Kier molecular flexibility index (Phi) is 2.94. The van der Waals surface area contributed by atoms with Gasteiger partial charge in [-0.3, -0.25) is 0 Å². The summed E-state index contributed by atoms with van der Waals surface area (Å²) in [6, 6.07) is 1.53. The summed E-state index contributed by atoms with van der Waals surface area (Å²) in [7, 11) is 0. The number of carboxylic acid groups (broad SMARTS) is 2. The first-order chi connectivity index (χ1) is 6.91. The van der Waals surface area contributed by atoms with Crippen LogP contribution in [0.15, 0.2) is 16.1 Å². The van der Waals surface area contributed by atoms with Gasteiger partial charge in [0.05, 0.1) is 11.9 Å². The van der Waals surface area contributed by atoms with E-state index in [4.69, 9.17) is 4.42 Å². The fourth-order valence-electron chi connectivity index (χ4n) is 1.02. The molecule has 0 spiro atoms. The van der Waals surface area contributed by atoms with Crippen molar-refractivity contribution in [3.8, 4) is 0 Å². The second-order valence-electron chi connectivity index (χ2n) is 3.02. The molecule has 0 fully saturated rings. The summed E-state index contributed by atoms with van der Waals surface area (Å²) >= 11 is 0. The van der Waals surface area contributed by atoms with Crippen LogP contribution in [0.3, 0.4) is 0 Å². The first-order valence-electron chi connectivity index (χ1n) is 4.13. The molecule has 0 aliphatic carbocycles. The number of hydrogen-bond acceptors (Lipinski definition) is 5. The SMILES string of the molecule is Cc1cc(C=C(C(=O)[O-])C(=O)[O-])oc1C. The summed E-state index contributed by atoms with van der Waals surface area (Å²) in [6.07, 6.45) is 0.866. The number of furan rings is 1. The minimum atomic E-state index is -1.80. The maximum Gasteiger partial charge on any atom is 0.128 e. The molecule has 0 saturated carbocycles. The third-order valence-electron chi connectivity index (χ3n) is 1.91. The zero-order chi connectivity index (χ0) is 11.6. The fraction of sp³-hybridized carbons (Fsp3) is 0.200. The quantitative estimate of drug-likeness (QED) is 0.352. The fourth-order valence-corrected chi connectivity index (χ4v) is 1.02. The molecule has 0 amide bonds. The van der Waals surface area contributed by atoms with Crippen LogP contribution in [-0.2, 0) is 9.59 Å². The van der Waals surface area contributed by atoms with Gasteiger partial charge in [-0.05, 0) is 31.6 Å². The van der Waals surface area contributed by atoms with Crippen LogP contribution in [0.1, 0.15) is 17.1 Å². The van der Waals surface area contributed by atoms with E-state index in [2.05, 4.69) is 0 Å². The Hall–Kier alpha value is -2.04. The number of rotatable bonds is 3. The molecule has 5 nitrogen and oxygen atoms in total. The summed E-state index contributed by atoms with van der Waals surface area (Å²) in [5, 5.41) is 20.8. The van der Waals surface area contributed by atoms with Crippen molar-refractivity contribution in [3.05, 3.63) is 28.7 Å². The van der Waals surface area contributed by atoms with Crippen molar-refractivity contribution >= 4 is 18.0 Å². The summed E-state index contributed by atoms with van der Waals surface area (Å²) in [4.78, 5) is 20.8. The van der Waals surface area contributed by atoms with Crippen LogP contribution < -0.4 is 10.2 Å². The highest BCUT2D eigenvalue weighted by atomic mass is 16.4. The van der Waals surface area contributed by atoms with Gasteiger partial charge in [-0.2, -0.15) is 0 Å². The lowest BCUT2D eigenvalue weighted by molar-refractivity contribution is -0.311. The topological polar surface area (TPSA) is 93.4 Å². The van der Waals surface area contributed by atoms with Gasteiger partial charge in [-0.1, -0.05) is 0 Å². The molecular formula is C10H8O5-2. The molecule has 0 N–H and O–H groups in total. The second kappa shape index (κ2) is 4.00. The van der Waals surface area contributed by atoms with Gasteiger partial charge in [-0.25, -0.2) is 0 Å². The molecule has 0 atom stereocenters. The predicted molar refractivity (Wildman–Crippen MR) is 46.2 cm³/mol. The van der Waals surface area contributed by atoms with E-state index in [1.165, 1.54) is 6.07 Å². The van der Waals surface area contributed by atoms with Crippen LogP contribution in [0.2, 0.25) is 0 Å². The minimum absolute atomic E-state index is 0.147. The molecule has 80 valence electrons. The van der Waals surface area contributed by atoms with Gasteiger partial charge in [0.1, 0.15) is 11.5 Å². The van der Waals surface area contributed by atoms with Crippen LogP contribution in [0, 0.1) is 13.8 Å². The van der Waals surface area contributed by atoms with Crippen molar-refractivity contribution in [2.75, 3.05) is 0 Å². The van der Waals surface area contributed by atoms with Crippen molar-refractivity contribution < 1.29 is 24.2 Å². The second-order valence-corrected chi connectivity index (χ2v) is 3.02. The number of aryl methyl sites for hydroxylation is 2. The van der Waals surface area contributed by atoms with E-state index >= 15 is 0 Å². The molecule has 0 aliphatic rings. The number of carbonyl (C=O) groups is 2.